The molecule has 0 aromatic carbocycles. The molecule has 1 fully saturated rings. The number of carbonyl (C=O) groups is 3. The van der Waals surface area contributed by atoms with Gasteiger partial charge < -0.3 is 10.1 Å². The molecule has 1 N–H and O–H groups in total. The zero-order valence-electron chi connectivity index (χ0n) is 10.7. The predicted octanol–water partition coefficient (Wildman–Crippen LogP) is 0.812. The van der Waals surface area contributed by atoms with Crippen molar-refractivity contribution in [3.63, 3.8) is 0 Å². The molecule has 0 aromatic heterocycles. The maximum atomic E-state index is 11.6. The van der Waals surface area contributed by atoms with E-state index in [-0.39, 0.29) is 24.5 Å². The molecule has 0 aromatic rings. The van der Waals surface area contributed by atoms with Gasteiger partial charge in [-0.2, -0.15) is 0 Å². The fourth-order valence-electron chi connectivity index (χ4n) is 1.67. The molecule has 96 valence electrons. The number of nitrogens with one attached hydrogen (secondary N) is 1. The summed E-state index contributed by atoms with van der Waals surface area (Å²) in [6, 6.07) is -0.447. The van der Waals surface area contributed by atoms with Crippen LogP contribution in [0.3, 0.4) is 0 Å². The van der Waals surface area contributed by atoms with Gasteiger partial charge in [0.15, 0.2) is 5.78 Å². The van der Waals surface area contributed by atoms with Crippen LogP contribution in [0.2, 0.25) is 0 Å². The Morgan fingerprint density at radius 1 is 1.41 bits per heavy atom. The van der Waals surface area contributed by atoms with E-state index in [4.69, 9.17) is 4.74 Å². The predicted molar refractivity (Wildman–Crippen MR) is 61.2 cm³/mol. The van der Waals surface area contributed by atoms with Crippen LogP contribution in [0.1, 0.15) is 40.5 Å². The minimum atomic E-state index is -0.589. The summed E-state index contributed by atoms with van der Waals surface area (Å²) in [5, 5.41) is 2.55. The van der Waals surface area contributed by atoms with Gasteiger partial charge >= 0.3 is 5.97 Å². The van der Waals surface area contributed by atoms with E-state index in [0.717, 1.165) is 0 Å². The second-order valence-electron chi connectivity index (χ2n) is 5.39. The van der Waals surface area contributed by atoms with E-state index in [1.54, 1.807) is 27.7 Å². The molecule has 1 aliphatic rings. The number of amides is 1. The molecule has 2 atom stereocenters. The summed E-state index contributed by atoms with van der Waals surface area (Å²) in [6.07, 6.45) is 0.0772. The molecular formula is C12H19NO4. The lowest BCUT2D eigenvalue weighted by Crippen LogP contribution is -2.49. The number of esters is 1. The topological polar surface area (TPSA) is 72.5 Å². The number of Topliss-reactive ketones (excluding diaryl/α,β-unsaturated/α-hetero) is 1. The van der Waals surface area contributed by atoms with Gasteiger partial charge in [-0.3, -0.25) is 14.4 Å². The molecule has 0 aliphatic carbocycles. The van der Waals surface area contributed by atoms with Crippen molar-refractivity contribution in [2.75, 3.05) is 0 Å². The van der Waals surface area contributed by atoms with E-state index in [2.05, 4.69) is 5.32 Å². The number of ether oxygens (including phenoxy) is 1. The van der Waals surface area contributed by atoms with Crippen LogP contribution in [0.25, 0.3) is 0 Å². The molecular weight excluding hydrogens is 222 g/mol. The second kappa shape index (κ2) is 4.85. The summed E-state index contributed by atoms with van der Waals surface area (Å²) < 4.78 is 5.12. The maximum Gasteiger partial charge on any atom is 0.307 e. The highest BCUT2D eigenvalue weighted by atomic mass is 16.6. The zero-order valence-corrected chi connectivity index (χ0v) is 10.7. The Hall–Kier alpha value is -1.39. The molecule has 0 unspecified atom stereocenters. The molecule has 0 radical (unpaired) electrons. The minimum Gasteiger partial charge on any atom is -0.460 e. The van der Waals surface area contributed by atoms with Crippen LogP contribution in [-0.4, -0.2) is 29.3 Å². The van der Waals surface area contributed by atoms with Crippen LogP contribution in [0, 0.1) is 5.92 Å². The number of carbonyl (C=O) groups excluding carboxylic acids is 3. The summed E-state index contributed by atoms with van der Waals surface area (Å²) in [6.45, 7) is 6.93. The molecule has 5 nitrogen and oxygen atoms in total. The average Bonchev–Trinajstić information content (AvgIpc) is 2.11. The molecule has 1 heterocycles. The van der Waals surface area contributed by atoms with E-state index >= 15 is 0 Å². The van der Waals surface area contributed by atoms with Gasteiger partial charge in [0.1, 0.15) is 5.60 Å². The molecule has 17 heavy (non-hydrogen) atoms. The molecule has 0 bridgehead atoms. The summed E-state index contributed by atoms with van der Waals surface area (Å²) in [4.78, 5) is 34.6. The Kier molecular flexibility index (Phi) is 3.91. The van der Waals surface area contributed by atoms with Crippen LogP contribution < -0.4 is 5.32 Å². The maximum absolute atomic E-state index is 11.6. The lowest BCUT2D eigenvalue weighted by Gasteiger charge is -2.26. The summed E-state index contributed by atoms with van der Waals surface area (Å²) in [5.74, 6) is -1.32. The third-order valence-electron chi connectivity index (χ3n) is 2.49. The first-order valence-corrected chi connectivity index (χ1v) is 5.74. The van der Waals surface area contributed by atoms with Gasteiger partial charge in [0.05, 0.1) is 18.4 Å². The van der Waals surface area contributed by atoms with Crippen LogP contribution in [0.4, 0.5) is 0 Å². The molecule has 0 spiro atoms. The van der Waals surface area contributed by atoms with E-state index in [0.29, 0.717) is 0 Å². The van der Waals surface area contributed by atoms with Crippen molar-refractivity contribution in [1.82, 2.24) is 5.32 Å². The van der Waals surface area contributed by atoms with Crippen LogP contribution in [0.5, 0.6) is 0 Å². The van der Waals surface area contributed by atoms with Crippen molar-refractivity contribution in [2.45, 2.75) is 52.2 Å². The lowest BCUT2D eigenvalue weighted by atomic mass is 9.91. The molecule has 1 aliphatic heterocycles. The van der Waals surface area contributed by atoms with Crippen molar-refractivity contribution < 1.29 is 19.1 Å². The van der Waals surface area contributed by atoms with Gasteiger partial charge in [-0.05, 0) is 27.7 Å². The fraction of sp³-hybridized carbons (Fsp3) is 0.750. The van der Waals surface area contributed by atoms with E-state index in [1.807, 2.05) is 0 Å². The van der Waals surface area contributed by atoms with Crippen molar-refractivity contribution in [2.24, 2.45) is 5.92 Å². The van der Waals surface area contributed by atoms with Crippen LogP contribution in [-0.2, 0) is 19.1 Å². The molecule has 1 rings (SSSR count). The second-order valence-corrected chi connectivity index (χ2v) is 5.39. The molecule has 0 saturated carbocycles. The number of hydrogen-bond acceptors (Lipinski definition) is 4. The average molecular weight is 241 g/mol. The molecule has 1 amide bonds. The van der Waals surface area contributed by atoms with Gasteiger partial charge in [0.2, 0.25) is 5.91 Å². The first kappa shape index (κ1) is 13.7. The van der Waals surface area contributed by atoms with Gasteiger partial charge in [0, 0.05) is 6.42 Å². The summed E-state index contributed by atoms with van der Waals surface area (Å²) in [5.41, 5.74) is -0.570. The van der Waals surface area contributed by atoms with Gasteiger partial charge in [-0.15, -0.1) is 0 Å². The fourth-order valence-corrected chi connectivity index (χ4v) is 1.67. The van der Waals surface area contributed by atoms with Gasteiger partial charge in [0.25, 0.3) is 0 Å². The number of ketones is 1. The molecule has 5 heteroatoms. The van der Waals surface area contributed by atoms with Crippen molar-refractivity contribution >= 4 is 17.7 Å². The Bertz CT molecular complexity index is 343. The van der Waals surface area contributed by atoms with E-state index in [9.17, 15) is 14.4 Å². The van der Waals surface area contributed by atoms with Gasteiger partial charge in [-0.25, -0.2) is 0 Å². The third kappa shape index (κ3) is 4.17. The van der Waals surface area contributed by atoms with Crippen LogP contribution in [0.15, 0.2) is 0 Å². The first-order valence-electron chi connectivity index (χ1n) is 5.74. The highest BCUT2D eigenvalue weighted by Crippen LogP contribution is 2.18. The zero-order chi connectivity index (χ0) is 13.2. The van der Waals surface area contributed by atoms with Crippen molar-refractivity contribution in [3.8, 4) is 0 Å². The number of rotatable bonds is 2. The van der Waals surface area contributed by atoms with Gasteiger partial charge in [-0.1, -0.05) is 0 Å². The standard InChI is InChI=1S/C12H19NO4/c1-7-9(14)5-8(11(16)13-7)6-10(15)17-12(2,3)4/h7-8H,5-6H2,1-4H3,(H,13,16)/t7-,8-/m0/s1. The number of hydrogen-bond donors (Lipinski definition) is 1. The monoisotopic (exact) mass is 241 g/mol. The Balaban J connectivity index is 2.54. The summed E-state index contributed by atoms with van der Waals surface area (Å²) >= 11 is 0. The summed E-state index contributed by atoms with van der Waals surface area (Å²) in [7, 11) is 0. The lowest BCUT2D eigenvalue weighted by molar-refractivity contribution is -0.158. The Labute approximate surface area is 101 Å². The van der Waals surface area contributed by atoms with Crippen molar-refractivity contribution in [3.05, 3.63) is 0 Å². The molecule has 1 saturated heterocycles. The smallest absolute Gasteiger partial charge is 0.307 e. The normalized spacial score (nSPS) is 25.4. The van der Waals surface area contributed by atoms with E-state index in [1.165, 1.54) is 0 Å². The highest BCUT2D eigenvalue weighted by Gasteiger charge is 2.34. The largest absolute Gasteiger partial charge is 0.460 e. The Morgan fingerprint density at radius 2 is 2.00 bits per heavy atom. The quantitative estimate of drug-likeness (QED) is 0.726. The Morgan fingerprint density at radius 3 is 2.53 bits per heavy atom. The third-order valence-corrected chi connectivity index (χ3v) is 2.49. The highest BCUT2D eigenvalue weighted by molar-refractivity contribution is 5.97. The van der Waals surface area contributed by atoms with Crippen molar-refractivity contribution in [1.29, 1.82) is 0 Å². The SMILES string of the molecule is C[C@@H]1NC(=O)[C@H](CC(=O)OC(C)(C)C)CC1=O. The van der Waals surface area contributed by atoms with Crippen LogP contribution >= 0.6 is 0 Å². The number of piperidine rings is 1. The van der Waals surface area contributed by atoms with E-state index < -0.39 is 23.5 Å². The first-order chi connectivity index (χ1) is 7.69. The minimum absolute atomic E-state index is 0.0401.